The smallest absolute Gasteiger partial charge is 0.234 e. The summed E-state index contributed by atoms with van der Waals surface area (Å²) in [7, 11) is 1.68. The van der Waals surface area contributed by atoms with Crippen LogP contribution in [0.4, 0.5) is 5.69 Å². The number of aliphatic hydroxyl groups excluding tert-OH is 1. The number of β-amino-alcohol motifs (C(OH)–C–C–N with tert-alkyl or cyclic N) is 1. The number of anilines is 1. The molecule has 2 atom stereocenters. The molecule has 3 fully saturated rings. The normalized spacial score (nSPS) is 23.1. The monoisotopic (exact) mass is 452 g/mol. The molecule has 172 valence electrons. The molecule has 0 spiro atoms. The number of methoxy groups -OCH3 is 1. The zero-order valence-electron chi connectivity index (χ0n) is 18.0. The maximum Gasteiger partial charge on any atom is 0.234 e. The van der Waals surface area contributed by atoms with E-state index in [0.717, 1.165) is 50.5 Å². The van der Waals surface area contributed by atoms with Crippen molar-refractivity contribution < 1.29 is 19.4 Å². The van der Waals surface area contributed by atoms with E-state index in [1.165, 1.54) is 4.90 Å². The van der Waals surface area contributed by atoms with Crippen LogP contribution >= 0.6 is 12.4 Å². The van der Waals surface area contributed by atoms with Crippen LogP contribution in [-0.2, 0) is 9.59 Å². The van der Waals surface area contributed by atoms with Gasteiger partial charge in [-0.05, 0) is 25.0 Å². The summed E-state index contributed by atoms with van der Waals surface area (Å²) in [4.78, 5) is 30.6. The molecule has 2 amide bonds. The molecular weight excluding hydrogens is 420 g/mol. The Kier molecular flexibility index (Phi) is 8.16. The highest BCUT2D eigenvalue weighted by Gasteiger charge is 2.40. The highest BCUT2D eigenvalue weighted by Crippen LogP contribution is 2.28. The first-order valence-corrected chi connectivity index (χ1v) is 10.9. The van der Waals surface area contributed by atoms with E-state index in [-0.39, 0.29) is 43.1 Å². The zero-order chi connectivity index (χ0) is 21.1. The number of imide groups is 1. The van der Waals surface area contributed by atoms with Gasteiger partial charge in [-0.2, -0.15) is 0 Å². The van der Waals surface area contributed by atoms with E-state index in [9.17, 15) is 14.7 Å². The molecule has 1 saturated carbocycles. The Bertz CT molecular complexity index is 768. The molecule has 2 unspecified atom stereocenters. The fraction of sp³-hybridized carbons (Fsp3) is 0.636. The van der Waals surface area contributed by atoms with E-state index in [1.54, 1.807) is 7.11 Å². The van der Waals surface area contributed by atoms with Crippen LogP contribution in [0.3, 0.4) is 0 Å². The van der Waals surface area contributed by atoms with Crippen LogP contribution in [0.25, 0.3) is 0 Å². The van der Waals surface area contributed by atoms with Gasteiger partial charge in [0.05, 0.1) is 31.4 Å². The SMILES string of the molecule is COc1ccccc1N1CCN(CC(O)CN2C(=O)CC(CNC3CC3)C2=O)CC1.Cl. The Morgan fingerprint density at radius 1 is 1.13 bits per heavy atom. The molecule has 9 heteroatoms. The summed E-state index contributed by atoms with van der Waals surface area (Å²) in [5.74, 6) is 0.272. The molecule has 1 aromatic rings. The van der Waals surface area contributed by atoms with Crippen LogP contribution in [0, 0.1) is 5.92 Å². The fourth-order valence-corrected chi connectivity index (χ4v) is 4.33. The van der Waals surface area contributed by atoms with E-state index in [1.807, 2.05) is 18.2 Å². The average Bonchev–Trinajstić information content (AvgIpc) is 3.55. The fourth-order valence-electron chi connectivity index (χ4n) is 4.33. The third-order valence-corrected chi connectivity index (χ3v) is 6.23. The molecule has 0 radical (unpaired) electrons. The van der Waals surface area contributed by atoms with E-state index < -0.39 is 6.10 Å². The number of aliphatic hydroxyl groups is 1. The molecule has 0 aromatic heterocycles. The van der Waals surface area contributed by atoms with Gasteiger partial charge in [-0.25, -0.2) is 0 Å². The van der Waals surface area contributed by atoms with E-state index in [0.29, 0.717) is 19.1 Å². The summed E-state index contributed by atoms with van der Waals surface area (Å²) in [5.41, 5.74) is 1.08. The number of nitrogens with zero attached hydrogens (tertiary/aromatic N) is 3. The first kappa shape index (κ1) is 23.8. The minimum atomic E-state index is -0.731. The standard InChI is InChI=1S/C22H32N4O4.ClH/c1-30-20-5-3-2-4-19(20)25-10-8-24(9-11-25)14-18(27)15-26-21(28)12-16(22(26)29)13-23-17-6-7-17;/h2-5,16-18,23,27H,6-15H2,1H3;1H. The Morgan fingerprint density at radius 2 is 1.84 bits per heavy atom. The highest BCUT2D eigenvalue weighted by atomic mass is 35.5. The summed E-state index contributed by atoms with van der Waals surface area (Å²) < 4.78 is 5.46. The maximum absolute atomic E-state index is 12.6. The highest BCUT2D eigenvalue weighted by molar-refractivity contribution is 6.03. The molecule has 1 aromatic carbocycles. The summed E-state index contributed by atoms with van der Waals surface area (Å²) in [6.07, 6.45) is 1.83. The number of hydrogen-bond acceptors (Lipinski definition) is 7. The summed E-state index contributed by atoms with van der Waals surface area (Å²) in [6.45, 7) is 4.40. The second kappa shape index (κ2) is 10.6. The van der Waals surface area contributed by atoms with Crippen molar-refractivity contribution >= 4 is 29.9 Å². The van der Waals surface area contributed by atoms with Crippen molar-refractivity contribution in [3.05, 3.63) is 24.3 Å². The lowest BCUT2D eigenvalue weighted by Gasteiger charge is -2.37. The van der Waals surface area contributed by atoms with Gasteiger partial charge in [0.25, 0.3) is 0 Å². The van der Waals surface area contributed by atoms with Gasteiger partial charge >= 0.3 is 0 Å². The van der Waals surface area contributed by atoms with Gasteiger partial charge in [0, 0.05) is 51.7 Å². The van der Waals surface area contributed by atoms with Crippen molar-refractivity contribution in [1.82, 2.24) is 15.1 Å². The van der Waals surface area contributed by atoms with Crippen LogP contribution in [-0.4, -0.2) is 91.8 Å². The molecule has 2 heterocycles. The minimum absolute atomic E-state index is 0. The third-order valence-electron chi connectivity index (χ3n) is 6.23. The van der Waals surface area contributed by atoms with Crippen molar-refractivity contribution in [2.24, 2.45) is 5.92 Å². The third kappa shape index (κ3) is 5.88. The molecule has 1 aliphatic carbocycles. The van der Waals surface area contributed by atoms with Crippen LogP contribution < -0.4 is 15.0 Å². The van der Waals surface area contributed by atoms with Crippen LogP contribution in [0.15, 0.2) is 24.3 Å². The predicted molar refractivity (Wildman–Crippen MR) is 121 cm³/mol. The number of benzene rings is 1. The molecule has 4 rings (SSSR count). The predicted octanol–water partition coefficient (Wildman–Crippen LogP) is 0.727. The van der Waals surface area contributed by atoms with E-state index >= 15 is 0 Å². The number of rotatable bonds is 9. The summed E-state index contributed by atoms with van der Waals surface area (Å²) in [6, 6.07) is 8.50. The Labute approximate surface area is 189 Å². The number of piperazine rings is 1. The molecule has 0 bridgehead atoms. The lowest BCUT2D eigenvalue weighted by molar-refractivity contribution is -0.141. The number of ether oxygens (including phenoxy) is 1. The van der Waals surface area contributed by atoms with Gasteiger partial charge in [-0.1, -0.05) is 12.1 Å². The number of para-hydroxylation sites is 2. The largest absolute Gasteiger partial charge is 0.495 e. The van der Waals surface area contributed by atoms with E-state index in [2.05, 4.69) is 21.2 Å². The number of hydrogen-bond donors (Lipinski definition) is 2. The quantitative estimate of drug-likeness (QED) is 0.534. The topological polar surface area (TPSA) is 85.3 Å². The number of carbonyl (C=O) groups is 2. The minimum Gasteiger partial charge on any atom is -0.495 e. The number of amides is 2. The Morgan fingerprint density at radius 3 is 2.52 bits per heavy atom. The van der Waals surface area contributed by atoms with Gasteiger partial charge in [-0.15, -0.1) is 12.4 Å². The summed E-state index contributed by atoms with van der Waals surface area (Å²) in [5, 5.41) is 13.9. The van der Waals surface area contributed by atoms with Crippen molar-refractivity contribution in [3.8, 4) is 5.75 Å². The second-order valence-corrected chi connectivity index (χ2v) is 8.54. The lowest BCUT2D eigenvalue weighted by atomic mass is 10.1. The number of nitrogens with one attached hydrogen (secondary N) is 1. The van der Waals surface area contributed by atoms with E-state index in [4.69, 9.17) is 4.74 Å². The van der Waals surface area contributed by atoms with Gasteiger partial charge < -0.3 is 20.1 Å². The number of likely N-dealkylation sites (tertiary alicyclic amines) is 1. The number of carbonyl (C=O) groups excluding carboxylic acids is 2. The van der Waals surface area contributed by atoms with Crippen molar-refractivity contribution in [2.45, 2.75) is 31.4 Å². The molecule has 2 saturated heterocycles. The zero-order valence-corrected chi connectivity index (χ0v) is 18.9. The van der Waals surface area contributed by atoms with Crippen molar-refractivity contribution in [1.29, 1.82) is 0 Å². The van der Waals surface area contributed by atoms with Crippen LogP contribution in [0.5, 0.6) is 5.75 Å². The average molecular weight is 453 g/mol. The first-order valence-electron chi connectivity index (χ1n) is 10.9. The second-order valence-electron chi connectivity index (χ2n) is 8.54. The Hall–Kier alpha value is -1.87. The first-order chi connectivity index (χ1) is 14.5. The van der Waals surface area contributed by atoms with Crippen molar-refractivity contribution in [2.75, 3.05) is 57.8 Å². The van der Waals surface area contributed by atoms with Gasteiger partial charge in [0.2, 0.25) is 11.8 Å². The van der Waals surface area contributed by atoms with Gasteiger partial charge in [0.1, 0.15) is 5.75 Å². The molecule has 2 N–H and O–H groups in total. The summed E-state index contributed by atoms with van der Waals surface area (Å²) >= 11 is 0. The lowest BCUT2D eigenvalue weighted by Crippen LogP contribution is -2.50. The Balaban J connectivity index is 0.00000272. The molecule has 2 aliphatic heterocycles. The molecule has 31 heavy (non-hydrogen) atoms. The molecule has 3 aliphatic rings. The van der Waals surface area contributed by atoms with Gasteiger partial charge in [-0.3, -0.25) is 19.4 Å². The van der Waals surface area contributed by atoms with Crippen LogP contribution in [0.2, 0.25) is 0 Å². The maximum atomic E-state index is 12.6. The van der Waals surface area contributed by atoms with Gasteiger partial charge in [0.15, 0.2) is 0 Å². The molecule has 8 nitrogen and oxygen atoms in total. The van der Waals surface area contributed by atoms with Crippen molar-refractivity contribution in [3.63, 3.8) is 0 Å². The molecular formula is C22H33ClN4O4. The van der Waals surface area contributed by atoms with Crippen LogP contribution in [0.1, 0.15) is 19.3 Å². The number of halogens is 1.